The number of halogens is 2. The molecule has 166 valence electrons. The van der Waals surface area contributed by atoms with E-state index in [1.165, 1.54) is 4.90 Å². The van der Waals surface area contributed by atoms with Crippen LogP contribution in [0.1, 0.15) is 18.1 Å². The SMILES string of the molecule is CNCC(C)CN(C)C(=O)N1CC(c2cc(F)ccc2F)=CC1(CO)c1ccccc1. The highest BCUT2D eigenvalue weighted by Crippen LogP contribution is 2.41. The molecule has 1 aliphatic heterocycles. The molecule has 0 radical (unpaired) electrons. The molecule has 2 aromatic rings. The fourth-order valence-corrected chi connectivity index (χ4v) is 4.22. The average molecular weight is 430 g/mol. The number of nitrogens with one attached hydrogen (secondary N) is 1. The minimum atomic E-state index is -1.17. The number of hydrogen-bond acceptors (Lipinski definition) is 3. The van der Waals surface area contributed by atoms with Crippen molar-refractivity contribution in [1.29, 1.82) is 0 Å². The molecule has 2 N–H and O–H groups in total. The fraction of sp³-hybridized carbons (Fsp3) is 0.375. The van der Waals surface area contributed by atoms with E-state index in [9.17, 15) is 18.7 Å². The molecule has 2 unspecified atom stereocenters. The number of nitrogens with zero attached hydrogens (tertiary/aromatic N) is 2. The summed E-state index contributed by atoms with van der Waals surface area (Å²) in [5.41, 5.74) is 0.0805. The zero-order valence-electron chi connectivity index (χ0n) is 18.1. The normalized spacial score (nSPS) is 19.3. The minimum absolute atomic E-state index is 0.0550. The van der Waals surface area contributed by atoms with Gasteiger partial charge in [-0.3, -0.25) is 0 Å². The number of urea groups is 1. The summed E-state index contributed by atoms with van der Waals surface area (Å²) < 4.78 is 28.4. The minimum Gasteiger partial charge on any atom is -0.393 e. The van der Waals surface area contributed by atoms with Gasteiger partial charge in [-0.25, -0.2) is 13.6 Å². The molecule has 1 heterocycles. The molecule has 1 aliphatic rings. The van der Waals surface area contributed by atoms with Gasteiger partial charge in [-0.2, -0.15) is 0 Å². The number of carbonyl (C=O) groups excluding carboxylic acids is 1. The van der Waals surface area contributed by atoms with Gasteiger partial charge in [-0.05, 0) is 54.9 Å². The molecule has 7 heteroatoms. The van der Waals surface area contributed by atoms with Gasteiger partial charge in [-0.15, -0.1) is 0 Å². The Morgan fingerprint density at radius 1 is 1.26 bits per heavy atom. The number of hydrogen-bond donors (Lipinski definition) is 2. The van der Waals surface area contributed by atoms with E-state index >= 15 is 0 Å². The van der Waals surface area contributed by atoms with Crippen LogP contribution < -0.4 is 5.32 Å². The lowest BCUT2D eigenvalue weighted by molar-refractivity contribution is 0.0846. The van der Waals surface area contributed by atoms with Gasteiger partial charge >= 0.3 is 6.03 Å². The van der Waals surface area contributed by atoms with Gasteiger partial charge in [0.05, 0.1) is 6.61 Å². The monoisotopic (exact) mass is 429 g/mol. The Bertz CT molecular complexity index is 951. The highest BCUT2D eigenvalue weighted by molar-refractivity contribution is 5.83. The van der Waals surface area contributed by atoms with Crippen LogP contribution in [0, 0.1) is 17.6 Å². The lowest BCUT2D eigenvalue weighted by Gasteiger charge is -2.39. The summed E-state index contributed by atoms with van der Waals surface area (Å²) in [6.45, 7) is 2.96. The van der Waals surface area contributed by atoms with Crippen LogP contribution in [0.15, 0.2) is 54.6 Å². The van der Waals surface area contributed by atoms with Crippen LogP contribution in [0.25, 0.3) is 5.57 Å². The van der Waals surface area contributed by atoms with Crippen molar-refractivity contribution in [3.63, 3.8) is 0 Å². The van der Waals surface area contributed by atoms with Crippen molar-refractivity contribution >= 4 is 11.6 Å². The van der Waals surface area contributed by atoms with Gasteiger partial charge in [-0.1, -0.05) is 37.3 Å². The molecule has 0 aromatic heterocycles. The Balaban J connectivity index is 2.03. The summed E-state index contributed by atoms with van der Waals surface area (Å²) in [6.07, 6.45) is 1.68. The second-order valence-electron chi connectivity index (χ2n) is 8.15. The van der Waals surface area contributed by atoms with Gasteiger partial charge in [0.15, 0.2) is 0 Å². The molecule has 3 rings (SSSR count). The smallest absolute Gasteiger partial charge is 0.321 e. The maximum absolute atomic E-state index is 14.5. The second-order valence-corrected chi connectivity index (χ2v) is 8.15. The summed E-state index contributed by atoms with van der Waals surface area (Å²) in [5.74, 6) is -0.915. The third-order valence-corrected chi connectivity index (χ3v) is 5.71. The summed E-state index contributed by atoms with van der Waals surface area (Å²) in [7, 11) is 3.57. The molecule has 0 saturated carbocycles. The van der Waals surface area contributed by atoms with Crippen molar-refractivity contribution in [2.45, 2.75) is 12.5 Å². The highest BCUT2D eigenvalue weighted by atomic mass is 19.1. The Labute approximate surface area is 182 Å². The Morgan fingerprint density at radius 3 is 2.61 bits per heavy atom. The number of carbonyl (C=O) groups is 1. The zero-order valence-corrected chi connectivity index (χ0v) is 18.1. The molecule has 0 aliphatic carbocycles. The largest absolute Gasteiger partial charge is 0.393 e. The van der Waals surface area contributed by atoms with E-state index < -0.39 is 17.2 Å². The number of aliphatic hydroxyl groups excluding tert-OH is 1. The fourth-order valence-electron chi connectivity index (χ4n) is 4.22. The van der Waals surface area contributed by atoms with Crippen LogP contribution in [0.3, 0.4) is 0 Å². The molecule has 2 aromatic carbocycles. The van der Waals surface area contributed by atoms with E-state index in [-0.39, 0.29) is 30.7 Å². The lowest BCUT2D eigenvalue weighted by Crippen LogP contribution is -2.53. The van der Waals surface area contributed by atoms with E-state index in [1.807, 2.05) is 44.3 Å². The van der Waals surface area contributed by atoms with Gasteiger partial charge < -0.3 is 20.2 Å². The van der Waals surface area contributed by atoms with E-state index in [0.29, 0.717) is 17.7 Å². The number of aliphatic hydroxyl groups is 1. The number of amides is 2. The predicted octanol–water partition coefficient (Wildman–Crippen LogP) is 3.46. The average Bonchev–Trinajstić information content (AvgIpc) is 3.16. The van der Waals surface area contributed by atoms with E-state index in [1.54, 1.807) is 18.0 Å². The molecule has 0 fully saturated rings. The third kappa shape index (κ3) is 4.62. The topological polar surface area (TPSA) is 55.8 Å². The van der Waals surface area contributed by atoms with Crippen molar-refractivity contribution in [2.75, 3.05) is 40.3 Å². The standard InChI is InChI=1S/C24H29F2N3O2/c1-17(13-27-2)14-28(3)23(31)29-15-18(21-11-20(25)9-10-22(21)26)12-24(29,16-30)19-7-5-4-6-8-19/h4-12,17,27,30H,13-16H2,1-3H3. The van der Waals surface area contributed by atoms with Crippen molar-refractivity contribution < 1.29 is 18.7 Å². The first-order valence-electron chi connectivity index (χ1n) is 10.3. The van der Waals surface area contributed by atoms with E-state index in [4.69, 9.17) is 0 Å². The van der Waals surface area contributed by atoms with Gasteiger partial charge in [0.25, 0.3) is 0 Å². The molecule has 0 spiro atoms. The van der Waals surface area contributed by atoms with Crippen LogP contribution in [0.5, 0.6) is 0 Å². The Hall–Kier alpha value is -2.77. The summed E-state index contributed by atoms with van der Waals surface area (Å²) in [6, 6.07) is 12.1. The first kappa shape index (κ1) is 22.9. The van der Waals surface area contributed by atoms with Crippen LogP contribution >= 0.6 is 0 Å². The molecule has 5 nitrogen and oxygen atoms in total. The quantitative estimate of drug-likeness (QED) is 0.709. The number of rotatable bonds is 7. The second kappa shape index (κ2) is 9.58. The molecular formula is C24H29F2N3O2. The van der Waals surface area contributed by atoms with E-state index in [2.05, 4.69) is 5.32 Å². The van der Waals surface area contributed by atoms with Crippen molar-refractivity contribution in [3.05, 3.63) is 77.4 Å². The Kier molecular flexibility index (Phi) is 7.08. The lowest BCUT2D eigenvalue weighted by atomic mass is 9.89. The van der Waals surface area contributed by atoms with Crippen LogP contribution in [0.4, 0.5) is 13.6 Å². The molecule has 0 saturated heterocycles. The molecular weight excluding hydrogens is 400 g/mol. The highest BCUT2D eigenvalue weighted by Gasteiger charge is 2.45. The maximum atomic E-state index is 14.5. The van der Waals surface area contributed by atoms with Gasteiger partial charge in [0.1, 0.15) is 17.2 Å². The number of benzene rings is 2. The molecule has 0 bridgehead atoms. The summed E-state index contributed by atoms with van der Waals surface area (Å²) in [5, 5.41) is 13.6. The zero-order chi connectivity index (χ0) is 22.6. The van der Waals surface area contributed by atoms with Crippen LogP contribution in [-0.4, -0.2) is 61.3 Å². The molecule has 2 atom stereocenters. The summed E-state index contributed by atoms with van der Waals surface area (Å²) in [4.78, 5) is 16.6. The summed E-state index contributed by atoms with van der Waals surface area (Å²) >= 11 is 0. The Morgan fingerprint density at radius 2 is 1.97 bits per heavy atom. The van der Waals surface area contributed by atoms with Crippen molar-refractivity contribution in [1.82, 2.24) is 15.1 Å². The van der Waals surface area contributed by atoms with Crippen molar-refractivity contribution in [3.8, 4) is 0 Å². The first-order valence-corrected chi connectivity index (χ1v) is 10.3. The van der Waals surface area contributed by atoms with Crippen LogP contribution in [0.2, 0.25) is 0 Å². The van der Waals surface area contributed by atoms with Crippen molar-refractivity contribution in [2.24, 2.45) is 5.92 Å². The van der Waals surface area contributed by atoms with E-state index in [0.717, 1.165) is 24.7 Å². The molecule has 2 amide bonds. The van der Waals surface area contributed by atoms with Crippen LogP contribution in [-0.2, 0) is 5.54 Å². The predicted molar refractivity (Wildman–Crippen MR) is 117 cm³/mol. The molecule has 31 heavy (non-hydrogen) atoms. The maximum Gasteiger partial charge on any atom is 0.321 e. The van der Waals surface area contributed by atoms with Gasteiger partial charge in [0.2, 0.25) is 0 Å². The first-order chi connectivity index (χ1) is 14.8. The third-order valence-electron chi connectivity index (χ3n) is 5.71. The van der Waals surface area contributed by atoms with Gasteiger partial charge in [0, 0.05) is 25.7 Å².